The normalized spacial score (nSPS) is 10.0. The molecule has 0 aliphatic heterocycles. The van der Waals surface area contributed by atoms with Crippen molar-refractivity contribution in [1.82, 2.24) is 4.98 Å². The van der Waals surface area contributed by atoms with E-state index < -0.39 is 0 Å². The molecule has 0 aliphatic rings. The van der Waals surface area contributed by atoms with E-state index in [4.69, 9.17) is 0 Å². The van der Waals surface area contributed by atoms with Crippen LogP contribution in [0.1, 0.15) is 0 Å². The molecule has 0 spiro atoms. The van der Waals surface area contributed by atoms with Crippen molar-refractivity contribution < 1.29 is 0 Å². The first-order valence-corrected chi connectivity index (χ1v) is 6.39. The quantitative estimate of drug-likeness (QED) is 0.778. The molecule has 0 saturated heterocycles. The molecule has 0 N–H and O–H groups in total. The van der Waals surface area contributed by atoms with Crippen LogP contribution in [0, 0.1) is 0 Å². The topological polar surface area (TPSA) is 16.1 Å². The highest BCUT2D eigenvalue weighted by Gasteiger charge is 2.03. The van der Waals surface area contributed by atoms with E-state index in [2.05, 4.69) is 41.7 Å². The average Bonchev–Trinajstić information content (AvgIpc) is 2.19. The van der Waals surface area contributed by atoms with Gasteiger partial charge in [0.2, 0.25) is 0 Å². The summed E-state index contributed by atoms with van der Waals surface area (Å²) in [6, 6.07) is 4.07. The zero-order valence-electron chi connectivity index (χ0n) is 7.29. The summed E-state index contributed by atoms with van der Waals surface area (Å²) in [5.74, 6) is 0. The summed E-state index contributed by atoms with van der Waals surface area (Å²) in [7, 11) is 0. The monoisotopic (exact) mass is 306 g/mol. The molecule has 0 atom stereocenters. The van der Waals surface area contributed by atoms with Gasteiger partial charge in [0.05, 0.1) is 0 Å². The summed E-state index contributed by atoms with van der Waals surface area (Å²) in [5.41, 5.74) is 1.23. The van der Waals surface area contributed by atoms with E-state index in [1.807, 2.05) is 24.5 Å². The lowest BCUT2D eigenvalue weighted by molar-refractivity contribution is 0.883. The first kappa shape index (κ1) is 11.0. The lowest BCUT2D eigenvalue weighted by atomic mass is 10.3. The number of hydrogen-bond acceptors (Lipinski definition) is 2. The number of halogens is 2. The van der Waals surface area contributed by atoms with Crippen LogP contribution in [0.15, 0.2) is 24.5 Å². The van der Waals surface area contributed by atoms with E-state index >= 15 is 0 Å². The molecule has 1 rings (SSSR count). The summed E-state index contributed by atoms with van der Waals surface area (Å²) in [4.78, 5) is 6.31. The third-order valence-electron chi connectivity index (χ3n) is 1.74. The number of aromatic nitrogens is 1. The van der Waals surface area contributed by atoms with Crippen molar-refractivity contribution in [2.24, 2.45) is 0 Å². The van der Waals surface area contributed by atoms with E-state index in [9.17, 15) is 0 Å². The number of rotatable bonds is 5. The Kier molecular flexibility index (Phi) is 5.39. The third kappa shape index (κ3) is 3.65. The zero-order chi connectivity index (χ0) is 9.52. The smallest absolute Gasteiger partial charge is 0.0397 e. The molecular formula is C9H12Br2N2. The van der Waals surface area contributed by atoms with Gasteiger partial charge in [0, 0.05) is 41.8 Å². The molecule has 4 heteroatoms. The van der Waals surface area contributed by atoms with Gasteiger partial charge in [-0.1, -0.05) is 31.9 Å². The third-order valence-corrected chi connectivity index (χ3v) is 2.45. The molecule has 72 valence electrons. The van der Waals surface area contributed by atoms with Gasteiger partial charge in [0.25, 0.3) is 0 Å². The molecule has 1 aromatic heterocycles. The average molecular weight is 308 g/mol. The van der Waals surface area contributed by atoms with Crippen LogP contribution in [0.3, 0.4) is 0 Å². The van der Waals surface area contributed by atoms with Crippen molar-refractivity contribution in [3.63, 3.8) is 0 Å². The maximum absolute atomic E-state index is 4.00. The van der Waals surface area contributed by atoms with Crippen LogP contribution in [-0.4, -0.2) is 28.7 Å². The fourth-order valence-corrected chi connectivity index (χ4v) is 1.99. The fourth-order valence-electron chi connectivity index (χ4n) is 1.13. The molecule has 2 nitrogen and oxygen atoms in total. The first-order valence-electron chi connectivity index (χ1n) is 4.15. The molecular weight excluding hydrogens is 296 g/mol. The van der Waals surface area contributed by atoms with E-state index in [1.165, 1.54) is 5.69 Å². The van der Waals surface area contributed by atoms with Gasteiger partial charge in [-0.2, -0.15) is 0 Å². The Hall–Kier alpha value is -0.0900. The first-order chi connectivity index (χ1) is 6.38. The van der Waals surface area contributed by atoms with Gasteiger partial charge in [0.1, 0.15) is 0 Å². The number of alkyl halides is 2. The highest BCUT2D eigenvalue weighted by Crippen LogP contribution is 2.12. The number of nitrogens with zero attached hydrogens (tertiary/aromatic N) is 2. The Balaban J connectivity index is 2.64. The Morgan fingerprint density at radius 3 is 2.08 bits per heavy atom. The molecule has 0 unspecified atom stereocenters. The van der Waals surface area contributed by atoms with Crippen molar-refractivity contribution in [3.8, 4) is 0 Å². The molecule has 0 amide bonds. The van der Waals surface area contributed by atoms with Crippen molar-refractivity contribution in [2.45, 2.75) is 0 Å². The second-order valence-corrected chi connectivity index (χ2v) is 4.16. The molecule has 1 heterocycles. The summed E-state index contributed by atoms with van der Waals surface area (Å²) < 4.78 is 0. The maximum Gasteiger partial charge on any atom is 0.0397 e. The van der Waals surface area contributed by atoms with Crippen LogP contribution < -0.4 is 4.90 Å². The van der Waals surface area contributed by atoms with Gasteiger partial charge in [0.15, 0.2) is 0 Å². The molecule has 0 aliphatic carbocycles. The molecule has 0 fully saturated rings. The van der Waals surface area contributed by atoms with Crippen LogP contribution in [0.4, 0.5) is 5.69 Å². The van der Waals surface area contributed by atoms with Crippen molar-refractivity contribution >= 4 is 37.5 Å². The van der Waals surface area contributed by atoms with Gasteiger partial charge in [-0.15, -0.1) is 0 Å². The largest absolute Gasteiger partial charge is 0.370 e. The summed E-state index contributed by atoms with van der Waals surface area (Å²) in [6.07, 6.45) is 3.65. The van der Waals surface area contributed by atoms with Crippen LogP contribution in [0.5, 0.6) is 0 Å². The lowest BCUT2D eigenvalue weighted by Crippen LogP contribution is -2.27. The van der Waals surface area contributed by atoms with Crippen molar-refractivity contribution in [1.29, 1.82) is 0 Å². The predicted octanol–water partition coefficient (Wildman–Crippen LogP) is 2.68. The Morgan fingerprint density at radius 1 is 1.08 bits per heavy atom. The molecule has 0 saturated carbocycles. The Morgan fingerprint density at radius 2 is 1.62 bits per heavy atom. The Bertz CT molecular complexity index is 222. The van der Waals surface area contributed by atoms with Crippen LogP contribution in [0.25, 0.3) is 0 Å². The molecule has 0 radical (unpaired) electrons. The van der Waals surface area contributed by atoms with E-state index in [-0.39, 0.29) is 0 Å². The van der Waals surface area contributed by atoms with E-state index in [1.54, 1.807) is 0 Å². The fraction of sp³-hybridized carbons (Fsp3) is 0.444. The lowest BCUT2D eigenvalue weighted by Gasteiger charge is -2.22. The number of anilines is 1. The SMILES string of the molecule is BrCCN(CCBr)c1ccncc1. The molecule has 0 bridgehead atoms. The summed E-state index contributed by atoms with van der Waals surface area (Å²) in [5, 5.41) is 1.98. The second kappa shape index (κ2) is 6.38. The zero-order valence-corrected chi connectivity index (χ0v) is 10.5. The Labute approximate surface area is 95.6 Å². The van der Waals surface area contributed by atoms with E-state index in [0.717, 1.165) is 23.7 Å². The van der Waals surface area contributed by atoms with Crippen LogP contribution in [0.2, 0.25) is 0 Å². The number of pyridine rings is 1. The minimum Gasteiger partial charge on any atom is -0.370 e. The molecule has 13 heavy (non-hydrogen) atoms. The van der Waals surface area contributed by atoms with Gasteiger partial charge in [-0.3, -0.25) is 4.98 Å². The van der Waals surface area contributed by atoms with E-state index in [0.29, 0.717) is 0 Å². The minimum atomic E-state index is 0.988. The summed E-state index contributed by atoms with van der Waals surface area (Å²) >= 11 is 6.89. The predicted molar refractivity (Wildman–Crippen MR) is 64.0 cm³/mol. The van der Waals surface area contributed by atoms with Crippen molar-refractivity contribution in [3.05, 3.63) is 24.5 Å². The highest BCUT2D eigenvalue weighted by atomic mass is 79.9. The standard InChI is InChI=1S/C9H12Br2N2/c10-3-7-13(8-4-11)9-1-5-12-6-2-9/h1-2,5-6H,3-4,7-8H2. The summed E-state index contributed by atoms with van der Waals surface area (Å²) in [6.45, 7) is 2.05. The van der Waals surface area contributed by atoms with Gasteiger partial charge >= 0.3 is 0 Å². The van der Waals surface area contributed by atoms with Gasteiger partial charge < -0.3 is 4.90 Å². The maximum atomic E-state index is 4.00. The number of hydrogen-bond donors (Lipinski definition) is 0. The minimum absolute atomic E-state index is 0.988. The molecule has 1 aromatic rings. The highest BCUT2D eigenvalue weighted by molar-refractivity contribution is 9.09. The van der Waals surface area contributed by atoms with Gasteiger partial charge in [-0.25, -0.2) is 0 Å². The van der Waals surface area contributed by atoms with Gasteiger partial charge in [-0.05, 0) is 12.1 Å². The second-order valence-electron chi connectivity index (χ2n) is 2.57. The van der Waals surface area contributed by atoms with Crippen molar-refractivity contribution in [2.75, 3.05) is 28.6 Å². The van der Waals surface area contributed by atoms with Crippen LogP contribution >= 0.6 is 31.9 Å². The molecule has 0 aromatic carbocycles. The van der Waals surface area contributed by atoms with Crippen LogP contribution in [-0.2, 0) is 0 Å².